The normalized spacial score (nSPS) is 10.7. The van der Waals surface area contributed by atoms with Gasteiger partial charge >= 0.3 is 0 Å². The second kappa shape index (κ2) is 9.17. The molecule has 5 nitrogen and oxygen atoms in total. The van der Waals surface area contributed by atoms with Gasteiger partial charge in [0, 0.05) is 37.3 Å². The van der Waals surface area contributed by atoms with Crippen molar-refractivity contribution in [2.45, 2.75) is 26.3 Å². The molecule has 146 valence electrons. The number of hydrogen-bond donors (Lipinski definition) is 1. The first-order chi connectivity index (χ1) is 13.6. The molecule has 6 heteroatoms. The van der Waals surface area contributed by atoms with E-state index in [1.807, 2.05) is 44.4 Å². The maximum Gasteiger partial charge on any atom is 0.220 e. The number of carbonyl (C=O) groups is 1. The van der Waals surface area contributed by atoms with E-state index in [1.165, 1.54) is 12.1 Å². The van der Waals surface area contributed by atoms with E-state index in [0.29, 0.717) is 26.0 Å². The van der Waals surface area contributed by atoms with Gasteiger partial charge in [-0.1, -0.05) is 18.2 Å². The van der Waals surface area contributed by atoms with Crippen molar-refractivity contribution in [3.05, 3.63) is 71.7 Å². The lowest BCUT2D eigenvalue weighted by molar-refractivity contribution is -0.121. The molecule has 0 saturated heterocycles. The highest BCUT2D eigenvalue weighted by molar-refractivity contribution is 5.76. The number of amides is 1. The van der Waals surface area contributed by atoms with Crippen molar-refractivity contribution in [3.63, 3.8) is 0 Å². The summed E-state index contributed by atoms with van der Waals surface area (Å²) in [4.78, 5) is 12.3. The number of aromatic nitrogens is 2. The number of para-hydroxylation sites is 1. The molecular weight excluding hydrogens is 357 g/mol. The highest BCUT2D eigenvalue weighted by Gasteiger charge is 2.12. The third-order valence-electron chi connectivity index (χ3n) is 4.39. The van der Waals surface area contributed by atoms with Crippen molar-refractivity contribution in [2.24, 2.45) is 7.05 Å². The van der Waals surface area contributed by atoms with Crippen LogP contribution in [0.3, 0.4) is 0 Å². The third kappa shape index (κ3) is 4.97. The fourth-order valence-corrected chi connectivity index (χ4v) is 3.05. The zero-order valence-electron chi connectivity index (χ0n) is 16.1. The van der Waals surface area contributed by atoms with Gasteiger partial charge in [-0.25, -0.2) is 4.39 Å². The van der Waals surface area contributed by atoms with Gasteiger partial charge in [0.1, 0.15) is 11.6 Å². The Morgan fingerprint density at radius 3 is 2.64 bits per heavy atom. The summed E-state index contributed by atoms with van der Waals surface area (Å²) in [7, 11) is 1.83. The first-order valence-electron chi connectivity index (χ1n) is 9.32. The predicted octanol–water partition coefficient (Wildman–Crippen LogP) is 3.87. The van der Waals surface area contributed by atoms with Crippen molar-refractivity contribution in [1.29, 1.82) is 0 Å². The summed E-state index contributed by atoms with van der Waals surface area (Å²) in [5.41, 5.74) is 3.52. The molecule has 3 aromatic rings. The largest absolute Gasteiger partial charge is 0.494 e. The smallest absolute Gasteiger partial charge is 0.220 e. The van der Waals surface area contributed by atoms with Crippen LogP contribution < -0.4 is 10.1 Å². The van der Waals surface area contributed by atoms with Crippen LogP contribution in [0.1, 0.15) is 24.5 Å². The topological polar surface area (TPSA) is 56.1 Å². The molecule has 1 aromatic heterocycles. The van der Waals surface area contributed by atoms with Gasteiger partial charge in [-0.2, -0.15) is 5.10 Å². The lowest BCUT2D eigenvalue weighted by Gasteiger charge is -2.11. The number of aryl methyl sites for hydroxylation is 2. The van der Waals surface area contributed by atoms with E-state index in [0.717, 1.165) is 28.1 Å². The van der Waals surface area contributed by atoms with E-state index in [4.69, 9.17) is 4.74 Å². The molecule has 0 aliphatic heterocycles. The molecule has 0 atom stereocenters. The molecule has 1 heterocycles. The fraction of sp³-hybridized carbons (Fsp3) is 0.273. The minimum Gasteiger partial charge on any atom is -0.494 e. The Morgan fingerprint density at radius 1 is 1.14 bits per heavy atom. The van der Waals surface area contributed by atoms with Crippen LogP contribution in [-0.2, 0) is 24.8 Å². The van der Waals surface area contributed by atoms with Gasteiger partial charge in [-0.3, -0.25) is 9.48 Å². The molecule has 0 fully saturated rings. The van der Waals surface area contributed by atoms with Gasteiger partial charge in [-0.05, 0) is 49.2 Å². The maximum atomic E-state index is 13.2. The summed E-state index contributed by atoms with van der Waals surface area (Å²) in [5.74, 6) is 0.462. The zero-order chi connectivity index (χ0) is 19.9. The molecule has 0 unspecified atom stereocenters. The quantitative estimate of drug-likeness (QED) is 0.644. The molecule has 0 aliphatic carbocycles. The molecule has 2 aromatic carbocycles. The monoisotopic (exact) mass is 381 g/mol. The van der Waals surface area contributed by atoms with Crippen LogP contribution in [-0.4, -0.2) is 22.3 Å². The van der Waals surface area contributed by atoms with Crippen LogP contribution in [0.2, 0.25) is 0 Å². The van der Waals surface area contributed by atoms with Crippen LogP contribution in [0.15, 0.2) is 54.7 Å². The molecular formula is C22H24FN3O2. The molecule has 0 saturated carbocycles. The Balaban J connectivity index is 1.60. The number of halogens is 1. The van der Waals surface area contributed by atoms with E-state index in [2.05, 4.69) is 10.4 Å². The average molecular weight is 381 g/mol. The number of ether oxygens (including phenoxy) is 1. The number of rotatable bonds is 8. The number of hydrogen-bond acceptors (Lipinski definition) is 3. The van der Waals surface area contributed by atoms with Gasteiger partial charge in [-0.15, -0.1) is 0 Å². The molecule has 0 spiro atoms. The Hall–Kier alpha value is -3.15. The summed E-state index contributed by atoms with van der Waals surface area (Å²) in [6.45, 7) is 2.94. The van der Waals surface area contributed by atoms with Crippen LogP contribution in [0, 0.1) is 5.82 Å². The highest BCUT2D eigenvalue weighted by atomic mass is 19.1. The first-order valence-corrected chi connectivity index (χ1v) is 9.32. The average Bonchev–Trinajstić information content (AvgIpc) is 3.07. The van der Waals surface area contributed by atoms with Crippen molar-refractivity contribution in [3.8, 4) is 17.0 Å². The van der Waals surface area contributed by atoms with Gasteiger partial charge in [0.05, 0.1) is 12.3 Å². The lowest BCUT2D eigenvalue weighted by atomic mass is 10.0. The Kier molecular flexibility index (Phi) is 6.42. The minimum absolute atomic E-state index is 0.0415. The predicted molar refractivity (Wildman–Crippen MR) is 106 cm³/mol. The van der Waals surface area contributed by atoms with Gasteiger partial charge < -0.3 is 10.1 Å². The van der Waals surface area contributed by atoms with Crippen LogP contribution in [0.4, 0.5) is 4.39 Å². The second-order valence-electron chi connectivity index (χ2n) is 6.50. The Labute approximate surface area is 164 Å². The number of benzene rings is 2. The third-order valence-corrected chi connectivity index (χ3v) is 4.39. The van der Waals surface area contributed by atoms with Crippen molar-refractivity contribution < 1.29 is 13.9 Å². The van der Waals surface area contributed by atoms with Crippen LogP contribution in [0.25, 0.3) is 11.3 Å². The molecule has 1 N–H and O–H groups in total. The van der Waals surface area contributed by atoms with Gasteiger partial charge in [0.15, 0.2) is 0 Å². The van der Waals surface area contributed by atoms with E-state index < -0.39 is 0 Å². The highest BCUT2D eigenvalue weighted by Crippen LogP contribution is 2.23. The summed E-state index contributed by atoms with van der Waals surface area (Å²) in [6, 6.07) is 13.9. The van der Waals surface area contributed by atoms with Crippen molar-refractivity contribution >= 4 is 5.91 Å². The molecule has 28 heavy (non-hydrogen) atoms. The Morgan fingerprint density at radius 2 is 1.89 bits per heavy atom. The molecule has 0 radical (unpaired) electrons. The number of nitrogens with one attached hydrogen (secondary N) is 1. The molecule has 1 amide bonds. The number of nitrogens with zero attached hydrogens (tertiary/aromatic N) is 2. The van der Waals surface area contributed by atoms with Crippen molar-refractivity contribution in [2.75, 3.05) is 6.61 Å². The van der Waals surface area contributed by atoms with E-state index >= 15 is 0 Å². The summed E-state index contributed by atoms with van der Waals surface area (Å²) in [6.07, 6.45) is 2.80. The Bertz CT molecular complexity index is 935. The van der Waals surface area contributed by atoms with E-state index in [9.17, 15) is 9.18 Å². The first kappa shape index (κ1) is 19.6. The van der Waals surface area contributed by atoms with Gasteiger partial charge in [0.25, 0.3) is 0 Å². The lowest BCUT2D eigenvalue weighted by Crippen LogP contribution is -2.23. The number of carbonyl (C=O) groups excluding carboxylic acids is 1. The zero-order valence-corrected chi connectivity index (χ0v) is 16.1. The molecule has 0 bridgehead atoms. The van der Waals surface area contributed by atoms with Crippen molar-refractivity contribution in [1.82, 2.24) is 15.1 Å². The van der Waals surface area contributed by atoms with Gasteiger partial charge in [0.2, 0.25) is 5.91 Å². The second-order valence-corrected chi connectivity index (χ2v) is 6.50. The standard InChI is InChI=1S/C22H24FN3O2/c1-3-28-20-7-5-4-6-17(20)14-24-21(27)13-10-18-15-26(2)25-22(18)16-8-11-19(23)12-9-16/h4-9,11-12,15H,3,10,13-14H2,1-2H3,(H,24,27). The van der Waals surface area contributed by atoms with E-state index in [-0.39, 0.29) is 11.7 Å². The summed E-state index contributed by atoms with van der Waals surface area (Å²) < 4.78 is 20.5. The van der Waals surface area contributed by atoms with E-state index in [1.54, 1.807) is 16.8 Å². The minimum atomic E-state index is -0.284. The van der Waals surface area contributed by atoms with Crippen LogP contribution >= 0.6 is 0 Å². The molecule has 0 aliphatic rings. The summed E-state index contributed by atoms with van der Waals surface area (Å²) in [5, 5.41) is 7.41. The van der Waals surface area contributed by atoms with Crippen LogP contribution in [0.5, 0.6) is 5.75 Å². The molecule has 3 rings (SSSR count). The summed E-state index contributed by atoms with van der Waals surface area (Å²) >= 11 is 0. The fourth-order valence-electron chi connectivity index (χ4n) is 3.05. The maximum absolute atomic E-state index is 13.2. The SMILES string of the molecule is CCOc1ccccc1CNC(=O)CCc1cn(C)nc1-c1ccc(F)cc1.